The standard InChI is InChI=1S/C12H19N3O5/c1-7(2)5-15(6-10(17)18)12(20)13-8-4-9(16)14(3)11(8)19/h7-8H,4-6H2,1-3H3,(H,13,20)(H,17,18). The van der Waals surface area contributed by atoms with Gasteiger partial charge in [-0.15, -0.1) is 0 Å². The smallest absolute Gasteiger partial charge is 0.323 e. The first kappa shape index (κ1) is 15.9. The number of hydrogen-bond acceptors (Lipinski definition) is 4. The molecule has 112 valence electrons. The van der Waals surface area contributed by atoms with Crippen LogP contribution in [-0.4, -0.2) is 64.9 Å². The van der Waals surface area contributed by atoms with Gasteiger partial charge < -0.3 is 15.3 Å². The van der Waals surface area contributed by atoms with Crippen molar-refractivity contribution in [2.75, 3.05) is 20.1 Å². The largest absolute Gasteiger partial charge is 0.480 e. The highest BCUT2D eigenvalue weighted by atomic mass is 16.4. The summed E-state index contributed by atoms with van der Waals surface area (Å²) >= 11 is 0. The number of rotatable bonds is 5. The molecule has 0 bridgehead atoms. The van der Waals surface area contributed by atoms with Crippen LogP contribution in [0.1, 0.15) is 20.3 Å². The Morgan fingerprint density at radius 1 is 1.45 bits per heavy atom. The molecule has 0 saturated carbocycles. The fraction of sp³-hybridized carbons (Fsp3) is 0.667. The number of hydrogen-bond donors (Lipinski definition) is 2. The van der Waals surface area contributed by atoms with Crippen LogP contribution in [-0.2, 0) is 14.4 Å². The zero-order chi connectivity index (χ0) is 15.4. The van der Waals surface area contributed by atoms with Gasteiger partial charge in [0.2, 0.25) is 5.91 Å². The van der Waals surface area contributed by atoms with Crippen LogP contribution in [0, 0.1) is 5.92 Å². The zero-order valence-corrected chi connectivity index (χ0v) is 11.8. The van der Waals surface area contributed by atoms with Crippen molar-refractivity contribution in [3.63, 3.8) is 0 Å². The lowest BCUT2D eigenvalue weighted by Crippen LogP contribution is -2.50. The van der Waals surface area contributed by atoms with Crippen LogP contribution in [0.3, 0.4) is 0 Å². The van der Waals surface area contributed by atoms with E-state index in [1.807, 2.05) is 13.8 Å². The van der Waals surface area contributed by atoms with E-state index in [0.717, 1.165) is 9.80 Å². The molecular formula is C12H19N3O5. The highest BCUT2D eigenvalue weighted by Gasteiger charge is 2.37. The number of likely N-dealkylation sites (tertiary alicyclic amines) is 1. The molecule has 1 aliphatic heterocycles. The van der Waals surface area contributed by atoms with Crippen LogP contribution in [0.2, 0.25) is 0 Å². The second-order valence-corrected chi connectivity index (χ2v) is 5.17. The number of aliphatic carboxylic acids is 1. The topological polar surface area (TPSA) is 107 Å². The van der Waals surface area contributed by atoms with Crippen LogP contribution in [0.4, 0.5) is 4.79 Å². The average molecular weight is 285 g/mol. The van der Waals surface area contributed by atoms with Gasteiger partial charge in [0.1, 0.15) is 12.6 Å². The molecule has 8 heteroatoms. The number of nitrogens with one attached hydrogen (secondary N) is 1. The molecule has 1 fully saturated rings. The first-order chi connectivity index (χ1) is 9.22. The molecule has 0 spiro atoms. The normalized spacial score (nSPS) is 18.6. The summed E-state index contributed by atoms with van der Waals surface area (Å²) in [4.78, 5) is 47.8. The van der Waals surface area contributed by atoms with E-state index in [1.165, 1.54) is 7.05 Å². The summed E-state index contributed by atoms with van der Waals surface area (Å²) in [7, 11) is 1.35. The molecule has 20 heavy (non-hydrogen) atoms. The molecule has 1 unspecified atom stereocenters. The van der Waals surface area contributed by atoms with Crippen LogP contribution in [0.15, 0.2) is 0 Å². The van der Waals surface area contributed by atoms with E-state index in [1.54, 1.807) is 0 Å². The van der Waals surface area contributed by atoms with E-state index >= 15 is 0 Å². The van der Waals surface area contributed by atoms with Crippen LogP contribution in [0.25, 0.3) is 0 Å². The molecule has 1 atom stereocenters. The predicted molar refractivity (Wildman–Crippen MR) is 68.8 cm³/mol. The number of amides is 4. The maximum Gasteiger partial charge on any atom is 0.323 e. The van der Waals surface area contributed by atoms with Crippen LogP contribution < -0.4 is 5.32 Å². The van der Waals surface area contributed by atoms with Crippen LogP contribution >= 0.6 is 0 Å². The van der Waals surface area contributed by atoms with E-state index < -0.39 is 30.5 Å². The Morgan fingerprint density at radius 3 is 2.45 bits per heavy atom. The molecule has 1 heterocycles. The Morgan fingerprint density at radius 2 is 2.05 bits per heavy atom. The van der Waals surface area contributed by atoms with Gasteiger partial charge in [-0.2, -0.15) is 0 Å². The van der Waals surface area contributed by atoms with E-state index in [4.69, 9.17) is 5.11 Å². The van der Waals surface area contributed by atoms with E-state index in [2.05, 4.69) is 5.32 Å². The van der Waals surface area contributed by atoms with Gasteiger partial charge in [0, 0.05) is 13.6 Å². The number of carbonyl (C=O) groups is 4. The molecule has 0 aliphatic carbocycles. The SMILES string of the molecule is CC(C)CN(CC(=O)O)C(=O)NC1CC(=O)N(C)C1=O. The number of carboxylic acid groups (broad SMARTS) is 1. The summed E-state index contributed by atoms with van der Waals surface area (Å²) in [5, 5.41) is 11.2. The maximum absolute atomic E-state index is 12.0. The lowest BCUT2D eigenvalue weighted by Gasteiger charge is -2.24. The molecule has 4 amide bonds. The third-order valence-electron chi connectivity index (χ3n) is 2.88. The monoisotopic (exact) mass is 285 g/mol. The molecule has 8 nitrogen and oxygen atoms in total. The van der Waals surface area contributed by atoms with Gasteiger partial charge in [-0.3, -0.25) is 19.3 Å². The maximum atomic E-state index is 12.0. The highest BCUT2D eigenvalue weighted by molar-refractivity contribution is 6.06. The summed E-state index contributed by atoms with van der Waals surface area (Å²) in [6.07, 6.45) is -0.0936. The van der Waals surface area contributed by atoms with Gasteiger partial charge in [0.15, 0.2) is 0 Å². The third-order valence-corrected chi connectivity index (χ3v) is 2.88. The summed E-state index contributed by atoms with van der Waals surface area (Å²) in [6.45, 7) is 3.50. The minimum absolute atomic E-state index is 0.0867. The van der Waals surface area contributed by atoms with Gasteiger partial charge in [-0.05, 0) is 5.92 Å². The minimum atomic E-state index is -1.13. The van der Waals surface area contributed by atoms with Gasteiger partial charge in [-0.25, -0.2) is 4.79 Å². The Labute approximate surface area is 116 Å². The molecule has 1 rings (SSSR count). The molecule has 2 N–H and O–H groups in total. The lowest BCUT2D eigenvalue weighted by molar-refractivity contribution is -0.138. The van der Waals surface area contributed by atoms with E-state index in [9.17, 15) is 19.2 Å². The van der Waals surface area contributed by atoms with Crippen molar-refractivity contribution >= 4 is 23.8 Å². The summed E-state index contributed by atoms with van der Waals surface area (Å²) < 4.78 is 0. The second kappa shape index (κ2) is 6.36. The Balaban J connectivity index is 2.68. The first-order valence-corrected chi connectivity index (χ1v) is 6.30. The Hall–Kier alpha value is -2.12. The highest BCUT2D eigenvalue weighted by Crippen LogP contribution is 2.11. The number of imide groups is 1. The Bertz CT molecular complexity index is 435. The van der Waals surface area contributed by atoms with E-state index in [0.29, 0.717) is 0 Å². The molecule has 0 aromatic carbocycles. The zero-order valence-electron chi connectivity index (χ0n) is 11.8. The number of nitrogens with zero attached hydrogens (tertiary/aromatic N) is 2. The number of carbonyl (C=O) groups excluding carboxylic acids is 3. The van der Waals surface area contributed by atoms with Gasteiger partial charge in [0.05, 0.1) is 6.42 Å². The van der Waals surface area contributed by atoms with Crippen molar-refractivity contribution in [3.05, 3.63) is 0 Å². The molecule has 0 radical (unpaired) electrons. The number of likely N-dealkylation sites (N-methyl/N-ethyl adjacent to an activating group) is 1. The quantitative estimate of drug-likeness (QED) is 0.662. The minimum Gasteiger partial charge on any atom is -0.480 e. The lowest BCUT2D eigenvalue weighted by atomic mass is 10.2. The fourth-order valence-corrected chi connectivity index (χ4v) is 1.93. The van der Waals surface area contributed by atoms with Crippen molar-refractivity contribution < 1.29 is 24.3 Å². The first-order valence-electron chi connectivity index (χ1n) is 6.30. The summed E-state index contributed by atoms with van der Waals surface area (Å²) in [6, 6.07) is -1.56. The van der Waals surface area contributed by atoms with Gasteiger partial charge >= 0.3 is 12.0 Å². The van der Waals surface area contributed by atoms with Crippen molar-refractivity contribution in [2.45, 2.75) is 26.3 Å². The van der Waals surface area contributed by atoms with Crippen molar-refractivity contribution in [2.24, 2.45) is 5.92 Å². The van der Waals surface area contributed by atoms with Crippen LogP contribution in [0.5, 0.6) is 0 Å². The predicted octanol–water partition coefficient (Wildman–Crippen LogP) is -0.504. The summed E-state index contributed by atoms with van der Waals surface area (Å²) in [5.41, 5.74) is 0. The van der Waals surface area contributed by atoms with Crippen molar-refractivity contribution in [1.82, 2.24) is 15.1 Å². The molecule has 1 aliphatic rings. The average Bonchev–Trinajstić information content (AvgIpc) is 2.55. The summed E-state index contributed by atoms with van der Waals surface area (Å²) in [5.74, 6) is -1.90. The molecule has 0 aromatic heterocycles. The number of urea groups is 1. The Kier molecular flexibility index (Phi) is 5.06. The molecule has 1 saturated heterocycles. The van der Waals surface area contributed by atoms with Gasteiger partial charge in [0.25, 0.3) is 5.91 Å². The number of carboxylic acids is 1. The second-order valence-electron chi connectivity index (χ2n) is 5.17. The van der Waals surface area contributed by atoms with Crippen molar-refractivity contribution in [1.29, 1.82) is 0 Å². The molecular weight excluding hydrogens is 266 g/mol. The van der Waals surface area contributed by atoms with Crippen molar-refractivity contribution in [3.8, 4) is 0 Å². The third kappa shape index (κ3) is 3.94. The van der Waals surface area contributed by atoms with E-state index in [-0.39, 0.29) is 24.8 Å². The van der Waals surface area contributed by atoms with Gasteiger partial charge in [-0.1, -0.05) is 13.8 Å². The molecule has 0 aromatic rings. The fourth-order valence-electron chi connectivity index (χ4n) is 1.93.